The van der Waals surface area contributed by atoms with Crippen LogP contribution in [0.4, 0.5) is 0 Å². The highest BCUT2D eigenvalue weighted by molar-refractivity contribution is 6.30. The minimum absolute atomic E-state index is 0.00750. The summed E-state index contributed by atoms with van der Waals surface area (Å²) in [4.78, 5) is 53.8. The second kappa shape index (κ2) is 11.3. The van der Waals surface area contributed by atoms with Gasteiger partial charge in [0.25, 0.3) is 11.8 Å². The van der Waals surface area contributed by atoms with Gasteiger partial charge in [0, 0.05) is 30.6 Å². The first-order valence-corrected chi connectivity index (χ1v) is 11.9. The molecule has 0 aliphatic carbocycles. The number of carbonyl (C=O) groups excluding carboxylic acids is 4. The lowest BCUT2D eigenvalue weighted by molar-refractivity contribution is -0.141. The number of amides is 4. The van der Waals surface area contributed by atoms with Crippen LogP contribution < -0.4 is 5.32 Å². The highest BCUT2D eigenvalue weighted by Gasteiger charge is 2.35. The lowest BCUT2D eigenvalue weighted by atomic mass is 10.1. The summed E-state index contributed by atoms with van der Waals surface area (Å²) in [7, 11) is 0. The Morgan fingerprint density at radius 2 is 1.68 bits per heavy atom. The molecule has 2 atom stereocenters. The predicted molar refractivity (Wildman–Crippen MR) is 130 cm³/mol. The SMILES string of the molecule is CC[C@@H](C)NC(=O)[C@@H](C)N(Cc1cccc(Cl)c1)C(=O)CCCN1C(=O)c2ccccc2C1=O. The molecule has 0 fully saturated rings. The van der Waals surface area contributed by atoms with Crippen LogP contribution in [0.3, 0.4) is 0 Å². The van der Waals surface area contributed by atoms with Crippen LogP contribution in [0.5, 0.6) is 0 Å². The molecule has 0 spiro atoms. The van der Waals surface area contributed by atoms with E-state index in [9.17, 15) is 19.2 Å². The molecule has 0 bridgehead atoms. The molecule has 1 aliphatic rings. The van der Waals surface area contributed by atoms with Crippen molar-refractivity contribution in [1.82, 2.24) is 15.1 Å². The van der Waals surface area contributed by atoms with Gasteiger partial charge in [-0.05, 0) is 56.5 Å². The van der Waals surface area contributed by atoms with Crippen LogP contribution >= 0.6 is 11.6 Å². The van der Waals surface area contributed by atoms with Gasteiger partial charge in [-0.2, -0.15) is 0 Å². The van der Waals surface area contributed by atoms with Gasteiger partial charge in [-0.25, -0.2) is 0 Å². The van der Waals surface area contributed by atoms with E-state index in [1.54, 1.807) is 49.4 Å². The summed E-state index contributed by atoms with van der Waals surface area (Å²) in [6.07, 6.45) is 1.17. The molecule has 2 aromatic rings. The lowest BCUT2D eigenvalue weighted by Gasteiger charge is -2.30. The molecule has 1 heterocycles. The van der Waals surface area contributed by atoms with Crippen LogP contribution in [0.15, 0.2) is 48.5 Å². The van der Waals surface area contributed by atoms with Crippen molar-refractivity contribution in [2.24, 2.45) is 0 Å². The average molecular weight is 484 g/mol. The number of hydrogen-bond donors (Lipinski definition) is 1. The van der Waals surface area contributed by atoms with E-state index in [1.807, 2.05) is 19.9 Å². The molecule has 0 aromatic heterocycles. The van der Waals surface area contributed by atoms with Gasteiger partial charge in [0.2, 0.25) is 11.8 Å². The summed E-state index contributed by atoms with van der Waals surface area (Å²) in [5, 5.41) is 3.48. The van der Waals surface area contributed by atoms with Crippen molar-refractivity contribution in [2.45, 2.75) is 58.7 Å². The predicted octanol–water partition coefficient (Wildman–Crippen LogP) is 4.05. The second-order valence-corrected chi connectivity index (χ2v) is 8.99. The van der Waals surface area contributed by atoms with Gasteiger partial charge >= 0.3 is 0 Å². The first kappa shape index (κ1) is 25.4. The van der Waals surface area contributed by atoms with Crippen LogP contribution in [0.1, 0.15) is 66.3 Å². The third kappa shape index (κ3) is 5.83. The van der Waals surface area contributed by atoms with Gasteiger partial charge in [-0.15, -0.1) is 0 Å². The third-order valence-corrected chi connectivity index (χ3v) is 6.30. The number of rotatable bonds is 10. The molecule has 180 valence electrons. The topological polar surface area (TPSA) is 86.8 Å². The smallest absolute Gasteiger partial charge is 0.261 e. The van der Waals surface area contributed by atoms with Crippen molar-refractivity contribution < 1.29 is 19.2 Å². The number of halogens is 1. The van der Waals surface area contributed by atoms with E-state index in [-0.39, 0.29) is 49.2 Å². The van der Waals surface area contributed by atoms with Crippen LogP contribution in [-0.2, 0) is 16.1 Å². The fraction of sp³-hybridized carbons (Fsp3) is 0.385. The molecular formula is C26H30ClN3O4. The molecule has 0 radical (unpaired) electrons. The number of carbonyl (C=O) groups is 4. The molecule has 4 amide bonds. The number of nitrogens with zero attached hydrogens (tertiary/aromatic N) is 2. The largest absolute Gasteiger partial charge is 0.352 e. The van der Waals surface area contributed by atoms with Gasteiger partial charge in [0.1, 0.15) is 6.04 Å². The van der Waals surface area contributed by atoms with E-state index in [2.05, 4.69) is 5.32 Å². The number of imide groups is 1. The van der Waals surface area contributed by atoms with Gasteiger partial charge in [0.15, 0.2) is 0 Å². The minimum atomic E-state index is -0.695. The Labute approximate surface area is 205 Å². The Hall–Kier alpha value is -3.19. The fourth-order valence-electron chi connectivity index (χ4n) is 3.85. The molecule has 0 saturated carbocycles. The first-order chi connectivity index (χ1) is 16.2. The van der Waals surface area contributed by atoms with Crippen molar-refractivity contribution >= 4 is 35.2 Å². The van der Waals surface area contributed by atoms with Crippen molar-refractivity contribution in [1.29, 1.82) is 0 Å². The van der Waals surface area contributed by atoms with Crippen LogP contribution in [0.25, 0.3) is 0 Å². The lowest BCUT2D eigenvalue weighted by Crippen LogP contribution is -2.49. The molecule has 8 heteroatoms. The van der Waals surface area contributed by atoms with Crippen molar-refractivity contribution in [2.75, 3.05) is 6.54 Å². The van der Waals surface area contributed by atoms with Crippen molar-refractivity contribution in [3.8, 4) is 0 Å². The zero-order chi connectivity index (χ0) is 24.8. The van der Waals surface area contributed by atoms with Gasteiger partial charge in [0.05, 0.1) is 11.1 Å². The number of fused-ring (bicyclic) bond motifs is 1. The van der Waals surface area contributed by atoms with E-state index in [0.29, 0.717) is 22.6 Å². The normalized spacial score (nSPS) is 14.5. The molecule has 3 rings (SSSR count). The van der Waals surface area contributed by atoms with Crippen LogP contribution in [-0.4, -0.2) is 52.1 Å². The maximum Gasteiger partial charge on any atom is 0.261 e. The van der Waals surface area contributed by atoms with Gasteiger partial charge in [-0.1, -0.05) is 42.8 Å². The zero-order valence-corrected chi connectivity index (χ0v) is 20.5. The van der Waals surface area contributed by atoms with E-state index in [1.165, 1.54) is 9.80 Å². The van der Waals surface area contributed by atoms with Gasteiger partial charge < -0.3 is 10.2 Å². The maximum absolute atomic E-state index is 13.2. The summed E-state index contributed by atoms with van der Waals surface area (Å²) in [5.74, 6) is -1.15. The minimum Gasteiger partial charge on any atom is -0.352 e. The highest BCUT2D eigenvalue weighted by Crippen LogP contribution is 2.23. The van der Waals surface area contributed by atoms with Crippen LogP contribution in [0.2, 0.25) is 5.02 Å². The highest BCUT2D eigenvalue weighted by atomic mass is 35.5. The average Bonchev–Trinajstić information content (AvgIpc) is 3.07. The van der Waals surface area contributed by atoms with E-state index >= 15 is 0 Å². The summed E-state index contributed by atoms with van der Waals surface area (Å²) in [5.41, 5.74) is 1.58. The van der Waals surface area contributed by atoms with Crippen molar-refractivity contribution in [3.05, 3.63) is 70.2 Å². The maximum atomic E-state index is 13.2. The summed E-state index contributed by atoms with van der Waals surface area (Å²) in [6, 6.07) is 13.2. The van der Waals surface area contributed by atoms with Crippen LogP contribution in [0, 0.1) is 0 Å². The Bertz CT molecular complexity index is 1050. The Morgan fingerprint density at radius 1 is 1.03 bits per heavy atom. The summed E-state index contributed by atoms with van der Waals surface area (Å²) >= 11 is 6.11. The molecule has 1 N–H and O–H groups in total. The monoisotopic (exact) mass is 483 g/mol. The molecule has 1 aliphatic heterocycles. The number of benzene rings is 2. The fourth-order valence-corrected chi connectivity index (χ4v) is 4.07. The van der Waals surface area contributed by atoms with E-state index in [0.717, 1.165) is 12.0 Å². The molecule has 0 unspecified atom stereocenters. The molecule has 2 aromatic carbocycles. The standard InChI is InChI=1S/C26H30ClN3O4/c1-4-17(2)28-24(32)18(3)30(16-19-9-7-10-20(27)15-19)23(31)13-8-14-29-25(33)21-11-5-6-12-22(21)26(29)34/h5-7,9-12,15,17-18H,4,8,13-14,16H2,1-3H3,(H,28,32)/t17-,18-/m1/s1. The Morgan fingerprint density at radius 3 is 2.26 bits per heavy atom. The summed E-state index contributed by atoms with van der Waals surface area (Å²) in [6.45, 7) is 5.95. The molecule has 34 heavy (non-hydrogen) atoms. The second-order valence-electron chi connectivity index (χ2n) is 8.56. The Kier molecular flexibility index (Phi) is 8.45. The molecule has 0 saturated heterocycles. The molecule has 7 nitrogen and oxygen atoms in total. The zero-order valence-electron chi connectivity index (χ0n) is 19.7. The number of nitrogens with one attached hydrogen (secondary N) is 1. The number of hydrogen-bond acceptors (Lipinski definition) is 4. The Balaban J connectivity index is 1.68. The first-order valence-electron chi connectivity index (χ1n) is 11.5. The van der Waals surface area contributed by atoms with E-state index in [4.69, 9.17) is 11.6 Å². The van der Waals surface area contributed by atoms with Crippen molar-refractivity contribution in [3.63, 3.8) is 0 Å². The molecular weight excluding hydrogens is 454 g/mol. The van der Waals surface area contributed by atoms with E-state index < -0.39 is 6.04 Å². The van der Waals surface area contributed by atoms with Gasteiger partial charge in [-0.3, -0.25) is 24.1 Å². The quantitative estimate of drug-likeness (QED) is 0.516. The third-order valence-electron chi connectivity index (χ3n) is 6.06. The summed E-state index contributed by atoms with van der Waals surface area (Å²) < 4.78 is 0.